The highest BCUT2D eigenvalue weighted by Crippen LogP contribution is 2.32. The van der Waals surface area contributed by atoms with Crippen LogP contribution in [0.4, 0.5) is 11.5 Å². The van der Waals surface area contributed by atoms with E-state index in [4.69, 9.17) is 4.74 Å². The zero-order valence-electron chi connectivity index (χ0n) is 15.8. The number of hydrogen-bond donors (Lipinski definition) is 2. The van der Waals surface area contributed by atoms with Gasteiger partial charge in [-0.25, -0.2) is 4.98 Å². The van der Waals surface area contributed by atoms with Crippen molar-refractivity contribution in [3.8, 4) is 5.75 Å². The lowest BCUT2D eigenvalue weighted by Gasteiger charge is -2.19. The molecule has 0 aliphatic rings. The lowest BCUT2D eigenvalue weighted by atomic mass is 9.90. The van der Waals surface area contributed by atoms with Crippen LogP contribution in [0.25, 0.3) is 10.9 Å². The normalized spacial score (nSPS) is 11.9. The van der Waals surface area contributed by atoms with Gasteiger partial charge in [0.1, 0.15) is 5.75 Å². The number of aromatic nitrogens is 2. The van der Waals surface area contributed by atoms with Crippen molar-refractivity contribution in [3.63, 3.8) is 0 Å². The number of aromatic amines is 1. The molecular weight excluding hydrogens is 368 g/mol. The van der Waals surface area contributed by atoms with Crippen molar-refractivity contribution >= 4 is 22.4 Å². The Morgan fingerprint density at radius 2 is 1.93 bits per heavy atom. The molecule has 1 atom stereocenters. The first-order valence-electron chi connectivity index (χ1n) is 9.20. The van der Waals surface area contributed by atoms with E-state index in [0.717, 1.165) is 27.8 Å². The van der Waals surface area contributed by atoms with Gasteiger partial charge < -0.3 is 15.0 Å². The predicted octanol–water partition coefficient (Wildman–Crippen LogP) is 4.72. The Balaban J connectivity index is 1.71. The first-order chi connectivity index (χ1) is 14.2. The van der Waals surface area contributed by atoms with E-state index in [1.807, 2.05) is 48.7 Å². The van der Waals surface area contributed by atoms with Gasteiger partial charge in [-0.1, -0.05) is 30.3 Å². The van der Waals surface area contributed by atoms with Gasteiger partial charge in [-0.2, -0.15) is 0 Å². The molecule has 0 amide bonds. The molecule has 2 aromatic carbocycles. The number of benzene rings is 2. The number of fused-ring (bicyclic) bond motifs is 1. The molecule has 4 aromatic rings. The molecule has 2 aromatic heterocycles. The molecule has 4 rings (SSSR count). The molecule has 1 unspecified atom stereocenters. The van der Waals surface area contributed by atoms with Gasteiger partial charge in [-0.05, 0) is 35.4 Å². The zero-order chi connectivity index (χ0) is 20.2. The van der Waals surface area contributed by atoms with Gasteiger partial charge in [-0.3, -0.25) is 10.1 Å². The fourth-order valence-electron chi connectivity index (χ4n) is 3.50. The first kappa shape index (κ1) is 18.5. The summed E-state index contributed by atoms with van der Waals surface area (Å²) in [6, 6.07) is 19.0. The number of nitro groups is 1. The van der Waals surface area contributed by atoms with E-state index >= 15 is 0 Å². The standard InChI is InChI=1S/C22H20N4O3/c1-29-16-10-8-15(9-11-16)18(19-14-24-20-6-3-2-5-17(19)20)13-25-22-21(26(27)28)7-4-12-23-22/h2-12,14,18,24H,13H2,1H3,(H,23,25). The highest BCUT2D eigenvalue weighted by Gasteiger charge is 2.21. The Bertz CT molecular complexity index is 1140. The van der Waals surface area contributed by atoms with Crippen LogP contribution in [-0.2, 0) is 0 Å². The van der Waals surface area contributed by atoms with Crippen molar-refractivity contribution < 1.29 is 9.66 Å². The number of hydrogen-bond acceptors (Lipinski definition) is 5. The number of para-hydroxylation sites is 1. The lowest BCUT2D eigenvalue weighted by Crippen LogP contribution is -2.15. The van der Waals surface area contributed by atoms with E-state index in [1.54, 1.807) is 19.4 Å². The number of methoxy groups -OCH3 is 1. The van der Waals surface area contributed by atoms with Gasteiger partial charge in [0.15, 0.2) is 0 Å². The van der Waals surface area contributed by atoms with Crippen molar-refractivity contribution in [3.05, 3.63) is 94.3 Å². The fourth-order valence-corrected chi connectivity index (χ4v) is 3.50. The van der Waals surface area contributed by atoms with Crippen molar-refractivity contribution in [2.45, 2.75) is 5.92 Å². The quantitative estimate of drug-likeness (QED) is 0.353. The number of ether oxygens (including phenoxy) is 1. The maximum absolute atomic E-state index is 11.3. The van der Waals surface area contributed by atoms with Crippen LogP contribution in [0.3, 0.4) is 0 Å². The number of nitrogens with one attached hydrogen (secondary N) is 2. The molecule has 146 valence electrons. The second-order valence-corrected chi connectivity index (χ2v) is 6.62. The lowest BCUT2D eigenvalue weighted by molar-refractivity contribution is -0.384. The minimum absolute atomic E-state index is 0.0418. The average Bonchev–Trinajstić information content (AvgIpc) is 3.18. The summed E-state index contributed by atoms with van der Waals surface area (Å²) >= 11 is 0. The summed E-state index contributed by atoms with van der Waals surface area (Å²) in [4.78, 5) is 18.4. The second-order valence-electron chi connectivity index (χ2n) is 6.62. The summed E-state index contributed by atoms with van der Waals surface area (Å²) in [6.45, 7) is 0.450. The Labute approximate surface area is 167 Å². The summed E-state index contributed by atoms with van der Waals surface area (Å²) < 4.78 is 5.27. The molecule has 0 aliphatic heterocycles. The smallest absolute Gasteiger partial charge is 0.311 e. The minimum atomic E-state index is -0.427. The van der Waals surface area contributed by atoms with Crippen LogP contribution in [-0.4, -0.2) is 28.5 Å². The second kappa shape index (κ2) is 8.02. The Morgan fingerprint density at radius 3 is 2.69 bits per heavy atom. The van der Waals surface area contributed by atoms with Crippen molar-refractivity contribution in [2.75, 3.05) is 19.0 Å². The molecule has 0 fully saturated rings. The third kappa shape index (κ3) is 3.75. The van der Waals surface area contributed by atoms with Crippen LogP contribution in [0.5, 0.6) is 5.75 Å². The molecular formula is C22H20N4O3. The predicted molar refractivity (Wildman–Crippen MR) is 113 cm³/mol. The van der Waals surface area contributed by atoms with E-state index in [9.17, 15) is 10.1 Å². The van der Waals surface area contributed by atoms with E-state index < -0.39 is 4.92 Å². The van der Waals surface area contributed by atoms with Crippen molar-refractivity contribution in [1.29, 1.82) is 0 Å². The molecule has 7 heteroatoms. The zero-order valence-corrected chi connectivity index (χ0v) is 15.8. The Kier molecular flexibility index (Phi) is 5.11. The van der Waals surface area contributed by atoms with Gasteiger partial charge in [0.2, 0.25) is 5.82 Å². The van der Waals surface area contributed by atoms with Crippen LogP contribution in [0.1, 0.15) is 17.0 Å². The highest BCUT2D eigenvalue weighted by atomic mass is 16.6. The maximum atomic E-state index is 11.3. The molecule has 29 heavy (non-hydrogen) atoms. The molecule has 2 N–H and O–H groups in total. The highest BCUT2D eigenvalue weighted by molar-refractivity contribution is 5.84. The van der Waals surface area contributed by atoms with Crippen LogP contribution in [0.2, 0.25) is 0 Å². The van der Waals surface area contributed by atoms with Gasteiger partial charge in [0, 0.05) is 41.8 Å². The molecule has 0 saturated carbocycles. The van der Waals surface area contributed by atoms with Gasteiger partial charge in [0.05, 0.1) is 12.0 Å². The summed E-state index contributed by atoms with van der Waals surface area (Å²) in [7, 11) is 1.63. The SMILES string of the molecule is COc1ccc(C(CNc2ncccc2[N+](=O)[O-])c2c[nH]c3ccccc23)cc1. The molecule has 0 bridgehead atoms. The maximum Gasteiger partial charge on any atom is 0.311 e. The molecule has 0 saturated heterocycles. The van der Waals surface area contributed by atoms with Crippen molar-refractivity contribution in [1.82, 2.24) is 9.97 Å². The van der Waals surface area contributed by atoms with Crippen LogP contribution in [0.15, 0.2) is 73.1 Å². The largest absolute Gasteiger partial charge is 0.497 e. The number of rotatable bonds is 7. The first-order valence-corrected chi connectivity index (χ1v) is 9.20. The summed E-state index contributed by atoms with van der Waals surface area (Å²) in [5.41, 5.74) is 3.18. The minimum Gasteiger partial charge on any atom is -0.497 e. The molecule has 0 aliphatic carbocycles. The topological polar surface area (TPSA) is 93.1 Å². The van der Waals surface area contributed by atoms with Gasteiger partial charge >= 0.3 is 5.69 Å². The van der Waals surface area contributed by atoms with Gasteiger partial charge in [0.25, 0.3) is 0 Å². The molecule has 0 spiro atoms. The van der Waals surface area contributed by atoms with Crippen LogP contribution < -0.4 is 10.1 Å². The summed E-state index contributed by atoms with van der Waals surface area (Å²) in [6.07, 6.45) is 3.54. The number of anilines is 1. The Morgan fingerprint density at radius 1 is 1.14 bits per heavy atom. The summed E-state index contributed by atoms with van der Waals surface area (Å²) in [5, 5.41) is 15.6. The number of H-pyrrole nitrogens is 1. The third-order valence-corrected chi connectivity index (χ3v) is 4.97. The summed E-state index contributed by atoms with van der Waals surface area (Å²) in [5.74, 6) is 0.995. The Hall–Kier alpha value is -3.87. The monoisotopic (exact) mass is 388 g/mol. The van der Waals surface area contributed by atoms with Crippen LogP contribution >= 0.6 is 0 Å². The van der Waals surface area contributed by atoms with Crippen molar-refractivity contribution in [2.24, 2.45) is 0 Å². The van der Waals surface area contributed by atoms with Crippen LogP contribution in [0, 0.1) is 10.1 Å². The van der Waals surface area contributed by atoms with E-state index in [0.29, 0.717) is 6.54 Å². The van der Waals surface area contributed by atoms with E-state index in [1.165, 1.54) is 6.07 Å². The molecule has 0 radical (unpaired) electrons. The molecule has 7 nitrogen and oxygen atoms in total. The third-order valence-electron chi connectivity index (χ3n) is 4.97. The number of pyridine rings is 1. The molecule has 2 heterocycles. The van der Waals surface area contributed by atoms with E-state index in [-0.39, 0.29) is 17.4 Å². The number of nitrogens with zero attached hydrogens (tertiary/aromatic N) is 2. The average molecular weight is 388 g/mol. The van der Waals surface area contributed by atoms with E-state index in [2.05, 4.69) is 21.4 Å². The fraction of sp³-hybridized carbons (Fsp3) is 0.136. The van der Waals surface area contributed by atoms with Gasteiger partial charge in [-0.15, -0.1) is 0 Å².